The van der Waals surface area contributed by atoms with Gasteiger partial charge in [0.05, 0.1) is 60.4 Å². The van der Waals surface area contributed by atoms with Gasteiger partial charge in [-0.3, -0.25) is 24.3 Å². The number of aromatic amines is 1. The molecule has 2 atom stereocenters. The predicted octanol–water partition coefficient (Wildman–Crippen LogP) is 4.27. The van der Waals surface area contributed by atoms with Crippen molar-refractivity contribution >= 4 is 34.9 Å². The summed E-state index contributed by atoms with van der Waals surface area (Å²) in [5, 5.41) is 21.3. The summed E-state index contributed by atoms with van der Waals surface area (Å²) >= 11 is 0.745. The second-order valence-corrected chi connectivity index (χ2v) is 11.9. The maximum absolute atomic E-state index is 13.6. The molecule has 0 radical (unpaired) electrons. The van der Waals surface area contributed by atoms with Crippen LogP contribution >= 0.6 is 11.8 Å². The van der Waals surface area contributed by atoms with Crippen LogP contribution in [0.25, 0.3) is 6.08 Å². The van der Waals surface area contributed by atoms with Crippen molar-refractivity contribution in [3.8, 4) is 23.3 Å². The Labute approximate surface area is 282 Å². The van der Waals surface area contributed by atoms with Gasteiger partial charge >= 0.3 is 6.18 Å². The highest BCUT2D eigenvalue weighted by atomic mass is 32.2. The fourth-order valence-corrected chi connectivity index (χ4v) is 5.77. The zero-order chi connectivity index (χ0) is 35.1. The summed E-state index contributed by atoms with van der Waals surface area (Å²) < 4.78 is 51.7. The Morgan fingerprint density at radius 3 is 2.76 bits per heavy atom. The van der Waals surface area contributed by atoms with E-state index in [1.807, 2.05) is 0 Å². The van der Waals surface area contributed by atoms with Gasteiger partial charge in [0.2, 0.25) is 5.91 Å². The first-order valence-corrected chi connectivity index (χ1v) is 15.7. The molecule has 3 aromatic rings. The molecule has 0 bridgehead atoms. The van der Waals surface area contributed by atoms with E-state index in [0.29, 0.717) is 49.8 Å². The number of benzene rings is 2. The Kier molecular flexibility index (Phi) is 10.8. The van der Waals surface area contributed by atoms with E-state index >= 15 is 0 Å². The van der Waals surface area contributed by atoms with E-state index in [1.54, 1.807) is 17.3 Å². The molecule has 0 aliphatic carbocycles. The first kappa shape index (κ1) is 34.9. The summed E-state index contributed by atoms with van der Waals surface area (Å²) in [5.41, 5.74) is 5.76. The summed E-state index contributed by atoms with van der Waals surface area (Å²) in [7, 11) is 1.30. The minimum atomic E-state index is -4.77. The van der Waals surface area contributed by atoms with Crippen molar-refractivity contribution in [2.24, 2.45) is 16.1 Å². The minimum Gasteiger partial charge on any atom is -0.493 e. The molecule has 5 rings (SSSR count). The number of thioether (sulfide) groups is 1. The summed E-state index contributed by atoms with van der Waals surface area (Å²) in [6, 6.07) is 7.80. The summed E-state index contributed by atoms with van der Waals surface area (Å²) in [5.74, 6) is -1.29. The number of nitrogens with one attached hydrogen (secondary N) is 2. The minimum absolute atomic E-state index is 0.0169. The van der Waals surface area contributed by atoms with Crippen LogP contribution in [-0.4, -0.2) is 82.3 Å². The van der Waals surface area contributed by atoms with Crippen LogP contribution in [0.15, 0.2) is 64.2 Å². The number of nitrogens with zero attached hydrogens (tertiary/aromatic N) is 6. The molecule has 0 saturated carbocycles. The number of halogens is 3. The fraction of sp³-hybridized carbons (Fsp3) is 0.323. The zero-order valence-corrected chi connectivity index (χ0v) is 26.8. The molecule has 3 amide bonds. The van der Waals surface area contributed by atoms with Gasteiger partial charge in [-0.05, 0) is 60.2 Å². The van der Waals surface area contributed by atoms with Crippen molar-refractivity contribution in [2.45, 2.75) is 31.1 Å². The average Bonchev–Trinajstić information content (AvgIpc) is 3.82. The molecule has 256 valence electrons. The smallest absolute Gasteiger partial charge is 0.420 e. The number of methoxy groups -OCH3 is 1. The van der Waals surface area contributed by atoms with Crippen LogP contribution in [0.3, 0.4) is 0 Å². The van der Waals surface area contributed by atoms with E-state index < -0.39 is 40.7 Å². The standard InChI is InChI=1S/C31H30F3N9O5S/c1-47-26-10-18(3-6-25(26)48-24-5-4-19(13-35)9-22(24)31(32,33)34)11-27-29(45)43(30(46)49-27)16-21-15-42(41-40-21)8-2-7-38-28(44)23(36)12-20-14-37-17-39-20/h3-6,9-11,14,17,21,23H,2,7-8,12,15-16,36H2,1H3,(H,37,39)(H,38,44)/b27-11-. The van der Waals surface area contributed by atoms with Crippen molar-refractivity contribution in [1.82, 2.24) is 25.2 Å². The van der Waals surface area contributed by atoms with Crippen LogP contribution in [0.2, 0.25) is 0 Å². The number of imidazole rings is 1. The largest absolute Gasteiger partial charge is 0.493 e. The molecule has 1 aromatic heterocycles. The van der Waals surface area contributed by atoms with E-state index in [9.17, 15) is 27.6 Å². The third-order valence-corrected chi connectivity index (χ3v) is 8.27. The lowest BCUT2D eigenvalue weighted by molar-refractivity contribution is -0.138. The number of hydrogen-bond donors (Lipinski definition) is 3. The van der Waals surface area contributed by atoms with E-state index in [1.165, 1.54) is 43.8 Å². The molecule has 0 spiro atoms. The number of carbonyl (C=O) groups is 3. The highest BCUT2D eigenvalue weighted by Crippen LogP contribution is 2.41. The maximum Gasteiger partial charge on any atom is 0.420 e. The van der Waals surface area contributed by atoms with Crippen LogP contribution in [0.4, 0.5) is 18.0 Å². The molecule has 14 nitrogen and oxygen atoms in total. The number of amides is 3. The molecule has 1 saturated heterocycles. The third-order valence-electron chi connectivity index (χ3n) is 7.36. The first-order chi connectivity index (χ1) is 23.4. The van der Waals surface area contributed by atoms with Crippen molar-refractivity contribution in [1.29, 1.82) is 5.26 Å². The van der Waals surface area contributed by atoms with Gasteiger partial charge in [0, 0.05) is 25.7 Å². The number of alkyl halides is 3. The molecular formula is C31H30F3N9O5S. The molecular weight excluding hydrogens is 667 g/mol. The Balaban J connectivity index is 1.13. The second kappa shape index (κ2) is 15.2. The molecule has 2 aromatic carbocycles. The summed E-state index contributed by atoms with van der Waals surface area (Å²) in [6.07, 6.45) is 0.775. The SMILES string of the molecule is COc1cc(/C=C2\SC(=O)N(CC3CN(CCCNC(=O)C(N)Cc4c[nH]cn4)N=N3)C2=O)ccc1Oc1ccc(C#N)cc1C(F)(F)F. The van der Waals surface area contributed by atoms with Crippen molar-refractivity contribution in [3.05, 3.63) is 76.2 Å². The highest BCUT2D eigenvalue weighted by molar-refractivity contribution is 8.18. The Hall–Kier alpha value is -5.41. The second-order valence-electron chi connectivity index (χ2n) is 10.9. The average molecular weight is 698 g/mol. The van der Waals surface area contributed by atoms with Crippen molar-refractivity contribution in [2.75, 3.05) is 33.3 Å². The van der Waals surface area contributed by atoms with E-state index in [4.69, 9.17) is 20.5 Å². The number of ether oxygens (including phenoxy) is 2. The molecule has 4 N–H and O–H groups in total. The molecule has 1 fully saturated rings. The van der Waals surface area contributed by atoms with E-state index in [2.05, 4.69) is 25.6 Å². The number of imide groups is 1. The van der Waals surface area contributed by atoms with Gasteiger partial charge in [-0.1, -0.05) is 11.3 Å². The van der Waals surface area contributed by atoms with Gasteiger partial charge in [0.15, 0.2) is 11.5 Å². The predicted molar refractivity (Wildman–Crippen MR) is 170 cm³/mol. The van der Waals surface area contributed by atoms with Gasteiger partial charge in [0.25, 0.3) is 11.1 Å². The zero-order valence-electron chi connectivity index (χ0n) is 25.9. The van der Waals surface area contributed by atoms with Crippen LogP contribution in [0.1, 0.15) is 28.8 Å². The molecule has 2 aliphatic heterocycles. The first-order valence-electron chi connectivity index (χ1n) is 14.8. The third kappa shape index (κ3) is 8.74. The maximum atomic E-state index is 13.6. The lowest BCUT2D eigenvalue weighted by Crippen LogP contribution is -2.43. The number of aromatic nitrogens is 2. The number of nitriles is 1. The van der Waals surface area contributed by atoms with Gasteiger partial charge < -0.3 is 25.5 Å². The summed E-state index contributed by atoms with van der Waals surface area (Å²) in [6.45, 7) is 1.25. The van der Waals surface area contributed by atoms with Gasteiger partial charge in [-0.2, -0.15) is 23.5 Å². The summed E-state index contributed by atoms with van der Waals surface area (Å²) in [4.78, 5) is 46.2. The van der Waals surface area contributed by atoms with Crippen LogP contribution < -0.4 is 20.5 Å². The lowest BCUT2D eigenvalue weighted by Gasteiger charge is -2.17. The monoisotopic (exact) mass is 697 g/mol. The molecule has 49 heavy (non-hydrogen) atoms. The van der Waals surface area contributed by atoms with Crippen LogP contribution in [0, 0.1) is 11.3 Å². The number of hydrogen-bond acceptors (Lipinski definition) is 12. The molecule has 3 heterocycles. The van der Waals surface area contributed by atoms with Gasteiger partial charge in [-0.15, -0.1) is 0 Å². The lowest BCUT2D eigenvalue weighted by atomic mass is 10.1. The topological polar surface area (TPSA) is 191 Å². The Morgan fingerprint density at radius 1 is 1.24 bits per heavy atom. The number of carbonyl (C=O) groups excluding carboxylic acids is 3. The molecule has 2 aliphatic rings. The van der Waals surface area contributed by atoms with Gasteiger partial charge in [-0.25, -0.2) is 4.98 Å². The number of H-pyrrole nitrogens is 1. The van der Waals surface area contributed by atoms with Crippen molar-refractivity contribution in [3.63, 3.8) is 0 Å². The van der Waals surface area contributed by atoms with Crippen LogP contribution in [-0.2, 0) is 22.2 Å². The van der Waals surface area contributed by atoms with E-state index in [0.717, 1.165) is 22.7 Å². The normalized spacial score (nSPS) is 17.5. The highest BCUT2D eigenvalue weighted by Gasteiger charge is 2.38. The number of nitrogens with two attached hydrogens (primary N) is 1. The molecule has 2 unspecified atom stereocenters. The Bertz CT molecular complexity index is 1810. The van der Waals surface area contributed by atoms with Crippen LogP contribution in [0.5, 0.6) is 17.2 Å². The van der Waals surface area contributed by atoms with E-state index in [-0.39, 0.29) is 34.4 Å². The fourth-order valence-electron chi connectivity index (χ4n) is 4.92. The Morgan fingerprint density at radius 2 is 2.04 bits per heavy atom. The van der Waals surface area contributed by atoms with Gasteiger partial charge in [0.1, 0.15) is 11.8 Å². The number of rotatable bonds is 13. The quantitative estimate of drug-likeness (QED) is 0.172. The van der Waals surface area contributed by atoms with Crippen molar-refractivity contribution < 1.29 is 37.0 Å². The molecule has 18 heteroatoms.